The predicted octanol–water partition coefficient (Wildman–Crippen LogP) is 10.8. The molecule has 0 fully saturated rings. The Labute approximate surface area is 348 Å². The lowest BCUT2D eigenvalue weighted by Crippen LogP contribution is -2.55. The van der Waals surface area contributed by atoms with Gasteiger partial charge < -0.3 is 28.6 Å². The number of carboxylic acid groups (broad SMARTS) is 1. The Bertz CT molecular complexity index is 1200. The summed E-state index contributed by atoms with van der Waals surface area (Å²) in [5, 5.41) is 11.6. The highest BCUT2D eigenvalue weighted by Crippen LogP contribution is 2.12. The van der Waals surface area contributed by atoms with Gasteiger partial charge in [-0.15, -0.1) is 0 Å². The van der Waals surface area contributed by atoms with E-state index in [4.69, 9.17) is 14.2 Å². The smallest absolute Gasteiger partial charge is 0.306 e. The average Bonchev–Trinajstić information content (AvgIpc) is 3.17. The molecule has 2 unspecified atom stereocenters. The van der Waals surface area contributed by atoms with Crippen molar-refractivity contribution in [3.05, 3.63) is 85.1 Å². The lowest BCUT2D eigenvalue weighted by Gasteiger charge is -2.34. The molecule has 0 rings (SSSR count). The van der Waals surface area contributed by atoms with E-state index in [2.05, 4.69) is 98.9 Å². The molecule has 0 heterocycles. The van der Waals surface area contributed by atoms with Crippen LogP contribution in [-0.2, 0) is 28.6 Å². The molecular formula is C49H81NO7. The molecule has 0 N–H and O–H groups in total. The summed E-state index contributed by atoms with van der Waals surface area (Å²) in [5.41, 5.74) is 0. The first kappa shape index (κ1) is 53.5. The molecule has 0 aliphatic rings. The Morgan fingerprint density at radius 2 is 1.00 bits per heavy atom. The number of likely N-dealkylation sites (N-methyl/N-ethyl adjacent to an activating group) is 1. The van der Waals surface area contributed by atoms with Crippen molar-refractivity contribution >= 4 is 17.9 Å². The fourth-order valence-electron chi connectivity index (χ4n) is 5.84. The van der Waals surface area contributed by atoms with Gasteiger partial charge in [-0.3, -0.25) is 9.59 Å². The van der Waals surface area contributed by atoms with E-state index in [0.717, 1.165) is 77.0 Å². The third kappa shape index (κ3) is 37.8. The van der Waals surface area contributed by atoms with E-state index < -0.39 is 18.1 Å². The second-order valence-electron chi connectivity index (χ2n) is 15.5. The number of unbranched alkanes of at least 4 members (excludes halogenated alkanes) is 10. The van der Waals surface area contributed by atoms with Gasteiger partial charge in [0.25, 0.3) is 0 Å². The van der Waals surface area contributed by atoms with Crippen molar-refractivity contribution in [1.29, 1.82) is 0 Å². The number of aliphatic carboxylic acids is 1. The van der Waals surface area contributed by atoms with Crippen molar-refractivity contribution in [1.82, 2.24) is 0 Å². The first-order valence-electron chi connectivity index (χ1n) is 22.1. The normalized spacial score (nSPS) is 13.8. The van der Waals surface area contributed by atoms with Gasteiger partial charge in [-0.05, 0) is 83.5 Å². The Kier molecular flexibility index (Phi) is 36.9. The first-order valence-corrected chi connectivity index (χ1v) is 22.1. The van der Waals surface area contributed by atoms with Crippen molar-refractivity contribution in [2.45, 2.75) is 167 Å². The molecule has 324 valence electrons. The summed E-state index contributed by atoms with van der Waals surface area (Å²) < 4.78 is 17.1. The SMILES string of the molecule is CC/C=C/C/C=C/C/C=C/C/C=C/C/C=C/C/C=C/CCCC(=O)OCC(COCCC(C(=O)[O-])[N+](C)(C)C)OC(=O)CCCCC/C=C/CCCCCCCC. The highest BCUT2D eigenvalue weighted by Gasteiger charge is 2.25. The van der Waals surface area contributed by atoms with Gasteiger partial charge in [-0.2, -0.15) is 0 Å². The third-order valence-corrected chi connectivity index (χ3v) is 9.27. The topological polar surface area (TPSA) is 102 Å². The van der Waals surface area contributed by atoms with Crippen molar-refractivity contribution in [2.24, 2.45) is 0 Å². The van der Waals surface area contributed by atoms with E-state index >= 15 is 0 Å². The maximum atomic E-state index is 12.7. The van der Waals surface area contributed by atoms with E-state index in [-0.39, 0.29) is 55.5 Å². The van der Waals surface area contributed by atoms with Crippen molar-refractivity contribution in [2.75, 3.05) is 41.0 Å². The Morgan fingerprint density at radius 3 is 1.53 bits per heavy atom. The molecule has 0 aliphatic carbocycles. The molecule has 2 atom stereocenters. The molecule has 0 aliphatic heterocycles. The minimum Gasteiger partial charge on any atom is -0.544 e. The van der Waals surface area contributed by atoms with Crippen molar-refractivity contribution in [3.8, 4) is 0 Å². The van der Waals surface area contributed by atoms with Crippen LogP contribution in [-0.4, -0.2) is 75.5 Å². The van der Waals surface area contributed by atoms with E-state index in [0.29, 0.717) is 6.42 Å². The number of esters is 2. The number of hydrogen-bond acceptors (Lipinski definition) is 7. The quantitative estimate of drug-likeness (QED) is 0.0265. The number of hydrogen-bond donors (Lipinski definition) is 0. The van der Waals surface area contributed by atoms with Crippen LogP contribution in [0.25, 0.3) is 0 Å². The van der Waals surface area contributed by atoms with Gasteiger partial charge in [-0.1, -0.05) is 137 Å². The van der Waals surface area contributed by atoms with E-state index in [1.54, 1.807) is 21.1 Å². The fraction of sp³-hybridized carbons (Fsp3) is 0.653. The van der Waals surface area contributed by atoms with Crippen LogP contribution in [0, 0.1) is 0 Å². The molecule has 0 saturated heterocycles. The van der Waals surface area contributed by atoms with Crippen LogP contribution in [0.4, 0.5) is 0 Å². The predicted molar refractivity (Wildman–Crippen MR) is 235 cm³/mol. The Balaban J connectivity index is 4.47. The summed E-state index contributed by atoms with van der Waals surface area (Å²) in [6, 6.07) is -0.740. The zero-order valence-electron chi connectivity index (χ0n) is 36.7. The van der Waals surface area contributed by atoms with Crippen molar-refractivity contribution < 1.29 is 38.2 Å². The van der Waals surface area contributed by atoms with Gasteiger partial charge in [0.05, 0.1) is 40.3 Å². The molecule has 0 aromatic carbocycles. The van der Waals surface area contributed by atoms with E-state index in [1.165, 1.54) is 38.5 Å². The number of ether oxygens (including phenoxy) is 3. The molecule has 0 saturated carbocycles. The number of nitrogens with zero attached hydrogens (tertiary/aromatic N) is 1. The molecule has 8 nitrogen and oxygen atoms in total. The lowest BCUT2D eigenvalue weighted by atomic mass is 10.1. The average molecular weight is 796 g/mol. The maximum Gasteiger partial charge on any atom is 0.306 e. The molecule has 0 aromatic rings. The molecule has 0 spiro atoms. The minimum absolute atomic E-state index is 0.0118. The molecule has 0 bridgehead atoms. The fourth-order valence-corrected chi connectivity index (χ4v) is 5.84. The monoisotopic (exact) mass is 796 g/mol. The van der Waals surface area contributed by atoms with Gasteiger partial charge >= 0.3 is 11.9 Å². The number of carbonyl (C=O) groups is 3. The van der Waals surface area contributed by atoms with Crippen LogP contribution < -0.4 is 5.11 Å². The van der Waals surface area contributed by atoms with Crippen molar-refractivity contribution in [3.63, 3.8) is 0 Å². The van der Waals surface area contributed by atoms with E-state index in [9.17, 15) is 19.5 Å². The molecular weight excluding hydrogens is 715 g/mol. The number of allylic oxidation sites excluding steroid dienone is 14. The molecule has 0 radical (unpaired) electrons. The summed E-state index contributed by atoms with van der Waals surface area (Å²) in [7, 11) is 5.37. The highest BCUT2D eigenvalue weighted by molar-refractivity contribution is 5.70. The number of quaternary nitrogens is 1. The largest absolute Gasteiger partial charge is 0.544 e. The zero-order chi connectivity index (χ0) is 42.1. The number of carboxylic acids is 1. The van der Waals surface area contributed by atoms with Crippen LogP contribution in [0.15, 0.2) is 85.1 Å². The number of rotatable bonds is 38. The van der Waals surface area contributed by atoms with Crippen LogP contribution in [0.2, 0.25) is 0 Å². The highest BCUT2D eigenvalue weighted by atomic mass is 16.6. The standard InChI is InChI=1S/C49H81NO7/c1-6-8-10-12-14-16-18-20-21-22-23-24-25-26-28-29-31-33-35-37-39-47(51)56-44-45(43-55-42-41-46(49(53)54)50(3,4)5)57-48(52)40-38-36-34-32-30-27-19-17-15-13-11-9-7-2/h8,10,14,16,20-21,23-24,26-28,30-31,33,45-46H,6-7,9,11-13,15,17-19,22,25,29,32,34-44H2,1-5H3/b10-8+,16-14+,21-20+,24-23+,28-26+,30-27+,33-31+. The maximum absolute atomic E-state index is 12.7. The second kappa shape index (κ2) is 39.3. The zero-order valence-corrected chi connectivity index (χ0v) is 36.7. The second-order valence-corrected chi connectivity index (χ2v) is 15.5. The summed E-state index contributed by atoms with van der Waals surface area (Å²) in [6.07, 6.45) is 50.4. The Morgan fingerprint density at radius 1 is 0.544 bits per heavy atom. The van der Waals surface area contributed by atoms with Gasteiger partial charge in [0.2, 0.25) is 0 Å². The summed E-state index contributed by atoms with van der Waals surface area (Å²) in [5.74, 6) is -1.84. The molecule has 8 heteroatoms. The first-order chi connectivity index (χ1) is 27.6. The molecule has 0 aromatic heterocycles. The summed E-state index contributed by atoms with van der Waals surface area (Å²) in [6.45, 7) is 4.44. The van der Waals surface area contributed by atoms with Gasteiger partial charge in [0.1, 0.15) is 12.6 Å². The van der Waals surface area contributed by atoms with Crippen LogP contribution in [0.1, 0.15) is 155 Å². The molecule has 57 heavy (non-hydrogen) atoms. The summed E-state index contributed by atoms with van der Waals surface area (Å²) in [4.78, 5) is 36.8. The van der Waals surface area contributed by atoms with E-state index in [1.807, 2.05) is 0 Å². The Hall–Kier alpha value is -3.49. The van der Waals surface area contributed by atoms with Gasteiger partial charge in [0, 0.05) is 19.3 Å². The summed E-state index contributed by atoms with van der Waals surface area (Å²) >= 11 is 0. The molecule has 0 amide bonds. The third-order valence-electron chi connectivity index (χ3n) is 9.27. The van der Waals surface area contributed by atoms with Crippen LogP contribution >= 0.6 is 0 Å². The minimum atomic E-state index is -1.14. The lowest BCUT2D eigenvalue weighted by molar-refractivity contribution is -0.889. The van der Waals surface area contributed by atoms with Gasteiger partial charge in [-0.25, -0.2) is 0 Å². The van der Waals surface area contributed by atoms with Gasteiger partial charge in [0.15, 0.2) is 6.10 Å². The van der Waals surface area contributed by atoms with Crippen LogP contribution in [0.3, 0.4) is 0 Å². The van der Waals surface area contributed by atoms with Crippen LogP contribution in [0.5, 0.6) is 0 Å². The number of carbonyl (C=O) groups excluding carboxylic acids is 3.